The fraction of sp³-hybridized carbons (Fsp3) is 0.619. The van der Waals surface area contributed by atoms with Crippen molar-refractivity contribution in [1.29, 1.82) is 0 Å². The van der Waals surface area contributed by atoms with Gasteiger partial charge in [-0.25, -0.2) is 13.2 Å². The Kier molecular flexibility index (Phi) is 7.02. The first-order valence-corrected chi connectivity index (χ1v) is 12.1. The van der Waals surface area contributed by atoms with Gasteiger partial charge < -0.3 is 9.73 Å². The third kappa shape index (κ3) is 4.78. The molecule has 0 radical (unpaired) electrons. The second kappa shape index (κ2) is 9.34. The monoisotopic (exact) mass is 437 g/mol. The van der Waals surface area contributed by atoms with Crippen molar-refractivity contribution in [2.24, 2.45) is 5.92 Å². The van der Waals surface area contributed by atoms with Crippen molar-refractivity contribution in [3.8, 4) is 0 Å². The lowest BCUT2D eigenvalue weighted by Gasteiger charge is -2.31. The minimum absolute atomic E-state index is 0.0303. The number of carbonyl (C=O) groups is 1. The molecule has 1 aromatic heterocycles. The Morgan fingerprint density at radius 3 is 2.60 bits per heavy atom. The number of aromatic nitrogens is 1. The Hall–Kier alpha value is -2.13. The molecule has 1 aromatic carbocycles. The second-order valence-corrected chi connectivity index (χ2v) is 10.0. The minimum Gasteiger partial charge on any atom is -0.408 e. The molecule has 0 bridgehead atoms. The molecule has 30 heavy (non-hydrogen) atoms. The summed E-state index contributed by atoms with van der Waals surface area (Å²) in [6.07, 6.45) is 3.39. The van der Waals surface area contributed by atoms with Gasteiger partial charge in [0.05, 0.1) is 10.4 Å². The van der Waals surface area contributed by atoms with Crippen molar-refractivity contribution in [3.05, 3.63) is 28.7 Å². The highest BCUT2D eigenvalue weighted by molar-refractivity contribution is 7.89. The summed E-state index contributed by atoms with van der Waals surface area (Å²) in [5.74, 6) is -0.260. The Labute approximate surface area is 177 Å². The van der Waals surface area contributed by atoms with E-state index in [9.17, 15) is 18.0 Å². The predicted octanol–water partition coefficient (Wildman–Crippen LogP) is 2.71. The van der Waals surface area contributed by atoms with E-state index in [-0.39, 0.29) is 28.3 Å². The average molecular weight is 438 g/mol. The fourth-order valence-corrected chi connectivity index (χ4v) is 5.33. The standard InChI is InChI=1S/C21H31N3O5S/c1-4-10-24-18-7-6-17(14-19(18)29-21(24)26)30(27,28)23-11-8-16(9-12-23)13-20(25)22-15(3)5-2/h6-7,14-16H,4-5,8-13H2,1-3H3,(H,22,25)/t15-/m1/s1. The molecule has 0 aliphatic carbocycles. The number of fused-ring (bicyclic) bond motifs is 1. The number of benzene rings is 1. The van der Waals surface area contributed by atoms with Crippen LogP contribution in [0, 0.1) is 5.92 Å². The van der Waals surface area contributed by atoms with Gasteiger partial charge in [0, 0.05) is 38.2 Å². The van der Waals surface area contributed by atoms with Crippen LogP contribution >= 0.6 is 0 Å². The van der Waals surface area contributed by atoms with Gasteiger partial charge in [0.25, 0.3) is 0 Å². The Morgan fingerprint density at radius 1 is 1.27 bits per heavy atom. The number of amides is 1. The fourth-order valence-electron chi connectivity index (χ4n) is 3.84. The van der Waals surface area contributed by atoms with Crippen molar-refractivity contribution in [3.63, 3.8) is 0 Å². The molecule has 0 unspecified atom stereocenters. The van der Waals surface area contributed by atoms with Gasteiger partial charge in [-0.05, 0) is 50.7 Å². The molecule has 0 spiro atoms. The lowest BCUT2D eigenvalue weighted by Crippen LogP contribution is -2.40. The average Bonchev–Trinajstić information content (AvgIpc) is 3.03. The third-order valence-electron chi connectivity index (χ3n) is 5.79. The Morgan fingerprint density at radius 2 is 1.97 bits per heavy atom. The van der Waals surface area contributed by atoms with Crippen LogP contribution in [-0.2, 0) is 21.4 Å². The first kappa shape index (κ1) is 22.6. The van der Waals surface area contributed by atoms with E-state index >= 15 is 0 Å². The summed E-state index contributed by atoms with van der Waals surface area (Å²) in [5.41, 5.74) is 0.887. The van der Waals surface area contributed by atoms with E-state index in [2.05, 4.69) is 5.32 Å². The van der Waals surface area contributed by atoms with E-state index in [0.29, 0.717) is 44.4 Å². The molecule has 0 saturated carbocycles. The quantitative estimate of drug-likeness (QED) is 0.684. The zero-order valence-electron chi connectivity index (χ0n) is 17.9. The molecule has 1 fully saturated rings. The van der Waals surface area contributed by atoms with Crippen molar-refractivity contribution in [2.75, 3.05) is 13.1 Å². The lowest BCUT2D eigenvalue weighted by atomic mass is 9.94. The maximum Gasteiger partial charge on any atom is 0.419 e. The molecule has 9 heteroatoms. The van der Waals surface area contributed by atoms with Gasteiger partial charge in [-0.15, -0.1) is 0 Å². The van der Waals surface area contributed by atoms with Crippen molar-refractivity contribution in [2.45, 2.75) is 70.4 Å². The molecule has 1 atom stereocenters. The molecule has 2 heterocycles. The van der Waals surface area contributed by atoms with Crippen molar-refractivity contribution >= 4 is 27.0 Å². The summed E-state index contributed by atoms with van der Waals surface area (Å²) in [4.78, 5) is 24.2. The summed E-state index contributed by atoms with van der Waals surface area (Å²) in [7, 11) is -3.68. The van der Waals surface area contributed by atoms with Gasteiger partial charge in [0.15, 0.2) is 5.58 Å². The zero-order chi connectivity index (χ0) is 21.9. The molecule has 1 saturated heterocycles. The van der Waals surface area contributed by atoms with E-state index in [1.165, 1.54) is 21.0 Å². The molecule has 8 nitrogen and oxygen atoms in total. The van der Waals surface area contributed by atoms with Crippen LogP contribution in [-0.4, -0.2) is 42.3 Å². The maximum atomic E-state index is 13.1. The van der Waals surface area contributed by atoms with E-state index in [1.807, 2.05) is 20.8 Å². The molecule has 2 aromatic rings. The van der Waals surface area contributed by atoms with Crippen LogP contribution in [0.2, 0.25) is 0 Å². The number of rotatable bonds is 8. The molecule has 1 N–H and O–H groups in total. The third-order valence-corrected chi connectivity index (χ3v) is 7.69. The van der Waals surface area contributed by atoms with Gasteiger partial charge in [-0.1, -0.05) is 13.8 Å². The van der Waals surface area contributed by atoms with Crippen LogP contribution in [0.3, 0.4) is 0 Å². The summed E-state index contributed by atoms with van der Waals surface area (Å²) in [6, 6.07) is 4.75. The van der Waals surface area contributed by atoms with Crippen LogP contribution in [0.25, 0.3) is 11.1 Å². The smallest absolute Gasteiger partial charge is 0.408 e. The molecule has 3 rings (SSSR count). The molecular formula is C21H31N3O5S. The number of nitrogens with zero attached hydrogens (tertiary/aromatic N) is 2. The van der Waals surface area contributed by atoms with Crippen LogP contribution in [0.1, 0.15) is 52.9 Å². The van der Waals surface area contributed by atoms with Crippen LogP contribution in [0.4, 0.5) is 0 Å². The number of sulfonamides is 1. The number of carbonyl (C=O) groups excluding carboxylic acids is 1. The van der Waals surface area contributed by atoms with Crippen LogP contribution in [0.5, 0.6) is 0 Å². The number of nitrogens with one attached hydrogen (secondary N) is 1. The maximum absolute atomic E-state index is 13.1. The molecule has 166 valence electrons. The molecule has 1 amide bonds. The number of oxazole rings is 1. The number of aryl methyl sites for hydroxylation is 1. The topological polar surface area (TPSA) is 102 Å². The Balaban J connectivity index is 1.68. The summed E-state index contributed by atoms with van der Waals surface area (Å²) >= 11 is 0. The summed E-state index contributed by atoms with van der Waals surface area (Å²) in [5, 5.41) is 2.97. The van der Waals surface area contributed by atoms with E-state index in [1.54, 1.807) is 6.07 Å². The molecular weight excluding hydrogens is 406 g/mol. The first-order valence-electron chi connectivity index (χ1n) is 10.7. The van der Waals surface area contributed by atoms with Gasteiger partial charge in [-0.2, -0.15) is 4.31 Å². The second-order valence-electron chi connectivity index (χ2n) is 8.08. The van der Waals surface area contributed by atoms with Crippen molar-refractivity contribution < 1.29 is 17.6 Å². The van der Waals surface area contributed by atoms with E-state index in [0.717, 1.165) is 12.8 Å². The van der Waals surface area contributed by atoms with E-state index in [4.69, 9.17) is 4.42 Å². The number of hydrogen-bond acceptors (Lipinski definition) is 5. The number of piperidine rings is 1. The lowest BCUT2D eigenvalue weighted by molar-refractivity contribution is -0.122. The first-order chi connectivity index (χ1) is 14.3. The number of hydrogen-bond donors (Lipinski definition) is 1. The Bertz CT molecular complexity index is 1050. The zero-order valence-corrected chi connectivity index (χ0v) is 18.7. The van der Waals surface area contributed by atoms with Crippen LogP contribution < -0.4 is 11.1 Å². The van der Waals surface area contributed by atoms with E-state index < -0.39 is 15.8 Å². The highest BCUT2D eigenvalue weighted by Gasteiger charge is 2.31. The van der Waals surface area contributed by atoms with Crippen molar-refractivity contribution in [1.82, 2.24) is 14.2 Å². The summed E-state index contributed by atoms with van der Waals surface area (Å²) < 4.78 is 34.4. The molecule has 1 aliphatic heterocycles. The molecule has 1 aliphatic rings. The van der Waals surface area contributed by atoms with Gasteiger partial charge in [0.2, 0.25) is 15.9 Å². The summed E-state index contributed by atoms with van der Waals surface area (Å²) in [6.45, 7) is 7.24. The minimum atomic E-state index is -3.68. The van der Waals surface area contributed by atoms with Crippen LogP contribution in [0.15, 0.2) is 32.3 Å². The largest absolute Gasteiger partial charge is 0.419 e. The van der Waals surface area contributed by atoms with Gasteiger partial charge >= 0.3 is 5.76 Å². The predicted molar refractivity (Wildman–Crippen MR) is 115 cm³/mol. The highest BCUT2D eigenvalue weighted by Crippen LogP contribution is 2.27. The van der Waals surface area contributed by atoms with Gasteiger partial charge in [-0.3, -0.25) is 9.36 Å². The van der Waals surface area contributed by atoms with Gasteiger partial charge in [0.1, 0.15) is 0 Å². The SMILES string of the molecule is CCCn1c(=O)oc2cc(S(=O)(=O)N3CCC(CC(=O)N[C@H](C)CC)CC3)ccc21. The highest BCUT2D eigenvalue weighted by atomic mass is 32.2. The normalized spacial score (nSPS) is 17.3.